The van der Waals surface area contributed by atoms with E-state index < -0.39 is 0 Å². The number of carbonyl (C=O) groups excluding carboxylic acids is 1. The fourth-order valence-corrected chi connectivity index (χ4v) is 4.06. The van der Waals surface area contributed by atoms with Crippen LogP contribution in [0.25, 0.3) is 22.2 Å². The molecule has 0 radical (unpaired) electrons. The van der Waals surface area contributed by atoms with Gasteiger partial charge in [-0.15, -0.1) is 0 Å². The van der Waals surface area contributed by atoms with Crippen LogP contribution in [0.4, 0.5) is 4.39 Å². The predicted molar refractivity (Wildman–Crippen MR) is 112 cm³/mol. The van der Waals surface area contributed by atoms with Gasteiger partial charge in [-0.2, -0.15) is 5.10 Å². The standard InChI is InChI=1S/C24H27FN2O2/c1-24(2,3)15-21(28)29-18-13-11-16(12-14-18)22-19-9-6-10-20(25)23(19)27(26-22)17-7-4-5-8-17/h6,9-14,17H,4-5,7-8,15H2,1-3H3. The number of ether oxygens (including phenoxy) is 1. The maximum atomic E-state index is 14.7. The fourth-order valence-electron chi connectivity index (χ4n) is 4.06. The number of hydrogen-bond acceptors (Lipinski definition) is 3. The van der Waals surface area contributed by atoms with Crippen LogP contribution < -0.4 is 4.74 Å². The zero-order valence-corrected chi connectivity index (χ0v) is 17.2. The van der Waals surface area contributed by atoms with Crippen LogP contribution in [0.1, 0.15) is 58.9 Å². The van der Waals surface area contributed by atoms with E-state index in [-0.39, 0.29) is 23.2 Å². The molecule has 4 nitrogen and oxygen atoms in total. The van der Waals surface area contributed by atoms with Gasteiger partial charge < -0.3 is 4.74 Å². The van der Waals surface area contributed by atoms with Crippen LogP contribution >= 0.6 is 0 Å². The van der Waals surface area contributed by atoms with Crippen molar-refractivity contribution >= 4 is 16.9 Å². The monoisotopic (exact) mass is 394 g/mol. The molecule has 0 saturated heterocycles. The molecule has 2 aromatic carbocycles. The van der Waals surface area contributed by atoms with Crippen molar-refractivity contribution in [3.63, 3.8) is 0 Å². The minimum absolute atomic E-state index is 0.118. The Kier molecular flexibility index (Phi) is 5.15. The highest BCUT2D eigenvalue weighted by molar-refractivity contribution is 5.93. The number of benzene rings is 2. The number of para-hydroxylation sites is 1. The Morgan fingerprint density at radius 3 is 2.48 bits per heavy atom. The van der Waals surface area contributed by atoms with E-state index in [1.807, 2.05) is 43.7 Å². The van der Waals surface area contributed by atoms with Crippen molar-refractivity contribution in [1.29, 1.82) is 0 Å². The average Bonchev–Trinajstić information content (AvgIpc) is 3.29. The summed E-state index contributed by atoms with van der Waals surface area (Å²) in [7, 11) is 0. The van der Waals surface area contributed by atoms with Gasteiger partial charge in [0.25, 0.3) is 0 Å². The second-order valence-electron chi connectivity index (χ2n) is 9.10. The van der Waals surface area contributed by atoms with Crippen molar-refractivity contribution in [3.05, 3.63) is 48.3 Å². The number of carbonyl (C=O) groups is 1. The van der Waals surface area contributed by atoms with Gasteiger partial charge in [0.05, 0.1) is 12.5 Å². The molecule has 3 aromatic rings. The van der Waals surface area contributed by atoms with E-state index >= 15 is 0 Å². The summed E-state index contributed by atoms with van der Waals surface area (Å²) in [5.74, 6) is 0.0258. The molecule has 29 heavy (non-hydrogen) atoms. The first-order valence-corrected chi connectivity index (χ1v) is 10.3. The van der Waals surface area contributed by atoms with E-state index in [4.69, 9.17) is 9.84 Å². The maximum absolute atomic E-state index is 14.7. The number of fused-ring (bicyclic) bond motifs is 1. The SMILES string of the molecule is CC(C)(C)CC(=O)Oc1ccc(-c2nn(C3CCCC3)c3c(F)cccc23)cc1. The molecule has 0 atom stereocenters. The lowest BCUT2D eigenvalue weighted by Gasteiger charge is -2.16. The van der Waals surface area contributed by atoms with Crippen molar-refractivity contribution in [2.45, 2.75) is 58.9 Å². The minimum Gasteiger partial charge on any atom is -0.427 e. The van der Waals surface area contributed by atoms with Crippen molar-refractivity contribution in [1.82, 2.24) is 9.78 Å². The Morgan fingerprint density at radius 2 is 1.83 bits per heavy atom. The Balaban J connectivity index is 1.65. The molecular weight excluding hydrogens is 367 g/mol. The Labute approximate surface area is 170 Å². The fraction of sp³-hybridized carbons (Fsp3) is 0.417. The molecule has 5 heteroatoms. The Morgan fingerprint density at radius 1 is 1.14 bits per heavy atom. The number of aromatic nitrogens is 2. The maximum Gasteiger partial charge on any atom is 0.311 e. The summed E-state index contributed by atoms with van der Waals surface area (Å²) in [4.78, 5) is 12.1. The van der Waals surface area contributed by atoms with Gasteiger partial charge in [0.2, 0.25) is 0 Å². The topological polar surface area (TPSA) is 44.1 Å². The van der Waals surface area contributed by atoms with E-state index in [2.05, 4.69) is 0 Å². The van der Waals surface area contributed by atoms with E-state index in [9.17, 15) is 9.18 Å². The second kappa shape index (κ2) is 7.62. The lowest BCUT2D eigenvalue weighted by Crippen LogP contribution is -2.17. The van der Waals surface area contributed by atoms with E-state index in [0.29, 0.717) is 17.7 Å². The molecule has 1 heterocycles. The summed E-state index contributed by atoms with van der Waals surface area (Å²) in [6, 6.07) is 12.7. The Bertz CT molecular complexity index is 1030. The number of esters is 1. The van der Waals surface area contributed by atoms with Gasteiger partial charge in [-0.05, 0) is 48.6 Å². The quantitative estimate of drug-likeness (QED) is 0.385. The summed E-state index contributed by atoms with van der Waals surface area (Å²) in [6.45, 7) is 6.01. The van der Waals surface area contributed by atoms with Gasteiger partial charge in [-0.25, -0.2) is 4.39 Å². The van der Waals surface area contributed by atoms with E-state index in [1.54, 1.807) is 18.2 Å². The van der Waals surface area contributed by atoms with Crippen molar-refractivity contribution in [2.75, 3.05) is 0 Å². The van der Waals surface area contributed by atoms with Crippen LogP contribution in [0.5, 0.6) is 5.75 Å². The highest BCUT2D eigenvalue weighted by atomic mass is 19.1. The summed E-state index contributed by atoms with van der Waals surface area (Å²) in [5, 5.41) is 5.62. The predicted octanol–water partition coefficient (Wildman–Crippen LogP) is 6.30. The molecule has 0 N–H and O–H groups in total. The molecule has 1 aromatic heterocycles. The summed E-state index contributed by atoms with van der Waals surface area (Å²) >= 11 is 0. The minimum atomic E-state index is -0.247. The van der Waals surface area contributed by atoms with Gasteiger partial charge in [-0.3, -0.25) is 9.48 Å². The molecule has 0 spiro atoms. The van der Waals surface area contributed by atoms with Crippen LogP contribution in [0.3, 0.4) is 0 Å². The van der Waals surface area contributed by atoms with Gasteiger partial charge in [0.1, 0.15) is 22.8 Å². The summed E-state index contributed by atoms with van der Waals surface area (Å²) in [5.41, 5.74) is 2.11. The zero-order chi connectivity index (χ0) is 20.6. The number of nitrogens with zero attached hydrogens (tertiary/aromatic N) is 2. The lowest BCUT2D eigenvalue weighted by atomic mass is 9.92. The molecule has 4 rings (SSSR count). The molecule has 0 amide bonds. The number of hydrogen-bond donors (Lipinski definition) is 0. The van der Waals surface area contributed by atoms with Crippen LogP contribution in [0.15, 0.2) is 42.5 Å². The van der Waals surface area contributed by atoms with E-state index in [0.717, 1.165) is 42.3 Å². The third kappa shape index (κ3) is 4.19. The van der Waals surface area contributed by atoms with Crippen LogP contribution in [0.2, 0.25) is 0 Å². The average molecular weight is 394 g/mol. The molecule has 1 saturated carbocycles. The molecule has 1 fully saturated rings. The van der Waals surface area contributed by atoms with Crippen molar-refractivity contribution < 1.29 is 13.9 Å². The van der Waals surface area contributed by atoms with Crippen molar-refractivity contribution in [2.24, 2.45) is 5.41 Å². The van der Waals surface area contributed by atoms with Crippen LogP contribution in [-0.2, 0) is 4.79 Å². The highest BCUT2D eigenvalue weighted by Crippen LogP contribution is 2.37. The smallest absolute Gasteiger partial charge is 0.311 e. The van der Waals surface area contributed by atoms with Gasteiger partial charge >= 0.3 is 5.97 Å². The third-order valence-electron chi connectivity index (χ3n) is 5.38. The first-order valence-electron chi connectivity index (χ1n) is 10.3. The van der Waals surface area contributed by atoms with Crippen LogP contribution in [-0.4, -0.2) is 15.7 Å². The molecule has 1 aliphatic rings. The van der Waals surface area contributed by atoms with Crippen molar-refractivity contribution in [3.8, 4) is 17.0 Å². The van der Waals surface area contributed by atoms with E-state index in [1.165, 1.54) is 6.07 Å². The molecule has 152 valence electrons. The first-order chi connectivity index (χ1) is 13.8. The van der Waals surface area contributed by atoms with Gasteiger partial charge in [0.15, 0.2) is 0 Å². The number of rotatable bonds is 4. The molecule has 1 aliphatic carbocycles. The van der Waals surface area contributed by atoms with Gasteiger partial charge in [-0.1, -0.05) is 45.7 Å². The summed E-state index contributed by atoms with van der Waals surface area (Å²) < 4.78 is 22.0. The number of halogens is 1. The van der Waals surface area contributed by atoms with Gasteiger partial charge in [0, 0.05) is 10.9 Å². The van der Waals surface area contributed by atoms with Crippen LogP contribution in [0, 0.1) is 11.2 Å². The largest absolute Gasteiger partial charge is 0.427 e. The molecule has 0 aliphatic heterocycles. The third-order valence-corrected chi connectivity index (χ3v) is 5.38. The second-order valence-corrected chi connectivity index (χ2v) is 9.10. The molecule has 0 bridgehead atoms. The molecule has 0 unspecified atom stereocenters. The highest BCUT2D eigenvalue weighted by Gasteiger charge is 2.24. The summed E-state index contributed by atoms with van der Waals surface area (Å²) in [6.07, 6.45) is 4.74. The zero-order valence-electron chi connectivity index (χ0n) is 17.2. The molecular formula is C24H27FN2O2. The Hall–Kier alpha value is -2.69. The normalized spacial score (nSPS) is 15.2. The lowest BCUT2D eigenvalue weighted by molar-refractivity contribution is -0.136. The first kappa shape index (κ1) is 19.6.